The highest BCUT2D eigenvalue weighted by atomic mass is 16.5. The first-order valence-corrected chi connectivity index (χ1v) is 8.61. The van der Waals surface area contributed by atoms with Crippen LogP contribution in [0.15, 0.2) is 72.1 Å². The molecular weight excluding hydrogens is 340 g/mol. The molecule has 0 spiro atoms. The lowest BCUT2D eigenvalue weighted by Gasteiger charge is -2.10. The summed E-state index contributed by atoms with van der Waals surface area (Å²) in [6.45, 7) is 6.72. The van der Waals surface area contributed by atoms with Crippen LogP contribution in [0.3, 0.4) is 0 Å². The highest BCUT2D eigenvalue weighted by molar-refractivity contribution is 5.88. The number of benzene rings is 2. The molecule has 2 rings (SSSR count). The van der Waals surface area contributed by atoms with Crippen LogP contribution in [0.2, 0.25) is 0 Å². The van der Waals surface area contributed by atoms with Crippen molar-refractivity contribution in [2.75, 3.05) is 10.6 Å². The Labute approximate surface area is 159 Å². The fraction of sp³-hybridized carbons (Fsp3) is 0.182. The monoisotopic (exact) mass is 364 g/mol. The van der Waals surface area contributed by atoms with Gasteiger partial charge >= 0.3 is 0 Å². The van der Waals surface area contributed by atoms with Crippen molar-refractivity contribution in [3.63, 3.8) is 0 Å². The van der Waals surface area contributed by atoms with Gasteiger partial charge < -0.3 is 15.4 Å². The summed E-state index contributed by atoms with van der Waals surface area (Å²) in [5.74, 6) is 1.43. The Balaban J connectivity index is 1.97. The van der Waals surface area contributed by atoms with E-state index in [1.54, 1.807) is 12.2 Å². The molecule has 0 saturated heterocycles. The van der Waals surface area contributed by atoms with Crippen LogP contribution in [0.25, 0.3) is 0 Å². The van der Waals surface area contributed by atoms with Crippen LogP contribution in [0.5, 0.6) is 11.5 Å². The van der Waals surface area contributed by atoms with Gasteiger partial charge in [-0.1, -0.05) is 0 Å². The van der Waals surface area contributed by atoms with E-state index in [1.165, 1.54) is 13.8 Å². The first kappa shape index (κ1) is 20.0. The maximum absolute atomic E-state index is 11.1. The Morgan fingerprint density at radius 2 is 1.00 bits per heavy atom. The van der Waals surface area contributed by atoms with Crippen LogP contribution in [0.4, 0.5) is 11.4 Å². The molecule has 0 atom stereocenters. The van der Waals surface area contributed by atoms with Gasteiger partial charge in [0, 0.05) is 22.8 Å². The number of hydrogen-bond acceptors (Lipinski definition) is 5. The topological polar surface area (TPSA) is 67.4 Å². The third-order valence-electron chi connectivity index (χ3n) is 3.47. The van der Waals surface area contributed by atoms with E-state index in [1.807, 2.05) is 62.4 Å². The summed E-state index contributed by atoms with van der Waals surface area (Å²) < 4.78 is 5.83. The molecule has 0 heterocycles. The summed E-state index contributed by atoms with van der Waals surface area (Å²) in [5, 5.41) is 6.30. The van der Waals surface area contributed by atoms with Crippen molar-refractivity contribution < 1.29 is 14.3 Å². The molecule has 0 aliphatic carbocycles. The predicted molar refractivity (Wildman–Crippen MR) is 109 cm³/mol. The maximum Gasteiger partial charge on any atom is 0.154 e. The predicted octanol–water partition coefficient (Wildman–Crippen LogP) is 5.29. The second-order valence-electron chi connectivity index (χ2n) is 6.28. The third-order valence-corrected chi connectivity index (χ3v) is 3.47. The molecule has 2 N–H and O–H groups in total. The van der Waals surface area contributed by atoms with Gasteiger partial charge in [-0.3, -0.25) is 9.59 Å². The standard InChI is InChI=1S/C22H24N2O3/c1-15(13-17(3)25)23-19-5-9-21(10-6-19)27-22-11-7-20(8-12-22)24-16(2)14-18(4)26/h5-14,23-24H,1-4H3/b15-13-,16-14-. The van der Waals surface area contributed by atoms with Crippen LogP contribution < -0.4 is 15.4 Å². The minimum Gasteiger partial charge on any atom is -0.457 e. The Morgan fingerprint density at radius 1 is 0.667 bits per heavy atom. The second kappa shape index (κ2) is 9.38. The molecule has 0 aromatic heterocycles. The van der Waals surface area contributed by atoms with Gasteiger partial charge in [0.15, 0.2) is 11.6 Å². The number of nitrogens with one attached hydrogen (secondary N) is 2. The van der Waals surface area contributed by atoms with Gasteiger partial charge in [-0.15, -0.1) is 0 Å². The summed E-state index contributed by atoms with van der Waals surface area (Å²) >= 11 is 0. The van der Waals surface area contributed by atoms with E-state index in [0.717, 1.165) is 22.8 Å². The molecule has 0 unspecified atom stereocenters. The molecular formula is C22H24N2O3. The van der Waals surface area contributed by atoms with Crippen molar-refractivity contribution >= 4 is 22.9 Å². The smallest absolute Gasteiger partial charge is 0.154 e. The molecule has 2 aromatic rings. The molecule has 2 aromatic carbocycles. The van der Waals surface area contributed by atoms with Gasteiger partial charge in [-0.25, -0.2) is 0 Å². The number of ether oxygens (including phenoxy) is 1. The molecule has 0 amide bonds. The molecule has 27 heavy (non-hydrogen) atoms. The lowest BCUT2D eigenvalue weighted by atomic mass is 10.2. The first-order valence-electron chi connectivity index (χ1n) is 8.61. The lowest BCUT2D eigenvalue weighted by molar-refractivity contribution is -0.113. The lowest BCUT2D eigenvalue weighted by Crippen LogP contribution is -1.98. The van der Waals surface area contributed by atoms with Crippen molar-refractivity contribution in [3.05, 3.63) is 72.1 Å². The van der Waals surface area contributed by atoms with E-state index in [0.29, 0.717) is 11.5 Å². The summed E-state index contributed by atoms with van der Waals surface area (Å²) in [7, 11) is 0. The second-order valence-corrected chi connectivity index (χ2v) is 6.28. The number of allylic oxidation sites excluding steroid dienone is 4. The number of carbonyl (C=O) groups is 2. The molecule has 0 aliphatic heterocycles. The molecule has 5 heteroatoms. The Morgan fingerprint density at radius 3 is 1.30 bits per heavy atom. The summed E-state index contributed by atoms with van der Waals surface area (Å²) in [6, 6.07) is 15.0. The highest BCUT2D eigenvalue weighted by Crippen LogP contribution is 2.25. The Kier molecular flexibility index (Phi) is 6.94. The van der Waals surface area contributed by atoms with Crippen molar-refractivity contribution in [1.29, 1.82) is 0 Å². The zero-order valence-electron chi connectivity index (χ0n) is 16.0. The molecule has 0 aliphatic rings. The zero-order chi connectivity index (χ0) is 19.8. The minimum atomic E-state index is 0.00451. The van der Waals surface area contributed by atoms with Crippen molar-refractivity contribution in [2.45, 2.75) is 27.7 Å². The number of carbonyl (C=O) groups excluding carboxylic acids is 2. The largest absolute Gasteiger partial charge is 0.457 e. The fourth-order valence-corrected chi connectivity index (χ4v) is 2.49. The summed E-state index contributed by atoms with van der Waals surface area (Å²) in [5.41, 5.74) is 3.33. The van der Waals surface area contributed by atoms with Gasteiger partial charge in [0.05, 0.1) is 0 Å². The van der Waals surface area contributed by atoms with Crippen LogP contribution in [-0.4, -0.2) is 11.6 Å². The van der Waals surface area contributed by atoms with Crippen LogP contribution in [0.1, 0.15) is 27.7 Å². The van der Waals surface area contributed by atoms with Gasteiger partial charge in [-0.2, -0.15) is 0 Å². The maximum atomic E-state index is 11.1. The van der Waals surface area contributed by atoms with Crippen molar-refractivity contribution in [3.8, 4) is 11.5 Å². The number of anilines is 2. The molecule has 140 valence electrons. The van der Waals surface area contributed by atoms with Gasteiger partial charge in [-0.05, 0) is 88.4 Å². The van der Waals surface area contributed by atoms with Gasteiger partial charge in [0.1, 0.15) is 11.5 Å². The summed E-state index contributed by atoms with van der Waals surface area (Å²) in [6.07, 6.45) is 3.10. The molecule has 0 fully saturated rings. The Hall–Kier alpha value is -3.34. The zero-order valence-corrected chi connectivity index (χ0v) is 16.0. The highest BCUT2D eigenvalue weighted by Gasteiger charge is 2.01. The number of hydrogen-bond donors (Lipinski definition) is 2. The van der Waals surface area contributed by atoms with Crippen LogP contribution in [-0.2, 0) is 9.59 Å². The van der Waals surface area contributed by atoms with Gasteiger partial charge in [0.25, 0.3) is 0 Å². The van der Waals surface area contributed by atoms with Crippen molar-refractivity contribution in [1.82, 2.24) is 0 Å². The molecule has 0 radical (unpaired) electrons. The van der Waals surface area contributed by atoms with Crippen LogP contribution in [0, 0.1) is 0 Å². The first-order chi connectivity index (χ1) is 12.8. The molecule has 0 bridgehead atoms. The third kappa shape index (κ3) is 7.20. The van der Waals surface area contributed by atoms with E-state index in [-0.39, 0.29) is 11.6 Å². The van der Waals surface area contributed by atoms with E-state index in [2.05, 4.69) is 10.6 Å². The minimum absolute atomic E-state index is 0.00451. The van der Waals surface area contributed by atoms with E-state index < -0.39 is 0 Å². The fourth-order valence-electron chi connectivity index (χ4n) is 2.49. The Bertz CT molecular complexity index is 790. The van der Waals surface area contributed by atoms with E-state index in [9.17, 15) is 9.59 Å². The van der Waals surface area contributed by atoms with Crippen LogP contribution >= 0.6 is 0 Å². The van der Waals surface area contributed by atoms with E-state index >= 15 is 0 Å². The average Bonchev–Trinajstić information content (AvgIpc) is 2.57. The van der Waals surface area contributed by atoms with E-state index in [4.69, 9.17) is 4.74 Å². The average molecular weight is 364 g/mol. The number of ketones is 2. The van der Waals surface area contributed by atoms with Gasteiger partial charge in [0.2, 0.25) is 0 Å². The molecule has 5 nitrogen and oxygen atoms in total. The number of rotatable bonds is 8. The quantitative estimate of drug-likeness (QED) is 0.623. The van der Waals surface area contributed by atoms with Crippen molar-refractivity contribution in [2.24, 2.45) is 0 Å². The normalized spacial score (nSPS) is 11.7. The summed E-state index contributed by atoms with van der Waals surface area (Å²) in [4.78, 5) is 22.1. The SMILES string of the molecule is CC(=O)/C=C(/C)Nc1ccc(Oc2ccc(N/C(C)=C\C(C)=O)cc2)cc1. The molecule has 0 saturated carbocycles.